The molecule has 2 aromatic carbocycles. The number of halogens is 4. The number of nitrogens with zero attached hydrogens (tertiary/aromatic N) is 1. The number of hydrogen-bond acceptors (Lipinski definition) is 4. The zero-order chi connectivity index (χ0) is 25.3. The summed E-state index contributed by atoms with van der Waals surface area (Å²) < 4.78 is 38.4. The number of carbonyl (C=O) groups excluding carboxylic acids is 4. The highest BCUT2D eigenvalue weighted by Gasteiger charge is 2.38. The van der Waals surface area contributed by atoms with Crippen LogP contribution in [0.5, 0.6) is 0 Å². The molecule has 184 valence electrons. The van der Waals surface area contributed by atoms with Crippen LogP contribution in [0.2, 0.25) is 5.02 Å². The van der Waals surface area contributed by atoms with Crippen LogP contribution in [0.4, 0.5) is 23.7 Å². The first-order valence-corrected chi connectivity index (χ1v) is 11.1. The van der Waals surface area contributed by atoms with Gasteiger partial charge >= 0.3 is 12.2 Å². The van der Waals surface area contributed by atoms with Crippen molar-refractivity contribution >= 4 is 41.0 Å². The Bertz CT molecular complexity index is 1220. The first-order chi connectivity index (χ1) is 16.5. The first-order valence-electron chi connectivity index (χ1n) is 10.7. The van der Waals surface area contributed by atoms with Crippen LogP contribution in [0.15, 0.2) is 36.4 Å². The Balaban J connectivity index is 1.37. The monoisotopic (exact) mass is 508 g/mol. The molecule has 0 aliphatic carbocycles. The molecule has 2 heterocycles. The maximum Gasteiger partial charge on any atom is 0.417 e. The zero-order valence-corrected chi connectivity index (χ0v) is 18.9. The largest absolute Gasteiger partial charge is 0.417 e. The first kappa shape index (κ1) is 24.5. The van der Waals surface area contributed by atoms with E-state index in [0.717, 1.165) is 18.2 Å². The number of fused-ring (bicyclic) bond motifs is 1. The Morgan fingerprint density at radius 2 is 1.91 bits per heavy atom. The summed E-state index contributed by atoms with van der Waals surface area (Å²) in [6.07, 6.45) is -3.48. The van der Waals surface area contributed by atoms with Gasteiger partial charge in [-0.2, -0.15) is 13.2 Å². The molecule has 0 saturated carbocycles. The number of benzene rings is 2. The van der Waals surface area contributed by atoms with Crippen molar-refractivity contribution in [2.75, 3.05) is 5.32 Å². The number of anilines is 1. The van der Waals surface area contributed by atoms with Crippen molar-refractivity contribution in [1.82, 2.24) is 15.5 Å². The molecule has 1 saturated heterocycles. The molecule has 2 aliphatic rings. The summed E-state index contributed by atoms with van der Waals surface area (Å²) >= 11 is 5.66. The number of hydrogen-bond donors (Lipinski definition) is 3. The van der Waals surface area contributed by atoms with Crippen molar-refractivity contribution in [3.05, 3.63) is 63.7 Å². The van der Waals surface area contributed by atoms with Crippen LogP contribution in [0, 0.1) is 0 Å². The van der Waals surface area contributed by atoms with E-state index in [1.165, 1.54) is 4.90 Å². The van der Waals surface area contributed by atoms with Crippen LogP contribution >= 0.6 is 11.6 Å². The molecule has 35 heavy (non-hydrogen) atoms. The van der Waals surface area contributed by atoms with Crippen molar-refractivity contribution in [3.8, 4) is 0 Å². The second kappa shape index (κ2) is 9.57. The van der Waals surface area contributed by atoms with Gasteiger partial charge in [0.2, 0.25) is 11.8 Å². The van der Waals surface area contributed by atoms with Crippen molar-refractivity contribution in [2.45, 2.75) is 44.6 Å². The lowest BCUT2D eigenvalue weighted by Gasteiger charge is -2.24. The molecular weight excluding hydrogens is 489 g/mol. The van der Waals surface area contributed by atoms with Gasteiger partial charge in [-0.15, -0.1) is 0 Å². The highest BCUT2D eigenvalue weighted by molar-refractivity contribution is 6.31. The summed E-state index contributed by atoms with van der Waals surface area (Å²) in [7, 11) is 0. The Kier molecular flexibility index (Phi) is 6.70. The molecule has 3 N–H and O–H groups in total. The Hall–Kier alpha value is -3.60. The summed E-state index contributed by atoms with van der Waals surface area (Å²) in [6, 6.07) is 6.52. The van der Waals surface area contributed by atoms with Gasteiger partial charge in [-0.25, -0.2) is 4.79 Å². The van der Waals surface area contributed by atoms with Crippen molar-refractivity contribution in [2.24, 2.45) is 0 Å². The zero-order valence-electron chi connectivity index (χ0n) is 18.2. The molecule has 2 aliphatic heterocycles. The van der Waals surface area contributed by atoms with Gasteiger partial charge in [-0.3, -0.25) is 19.7 Å². The average molecular weight is 509 g/mol. The third-order valence-corrected chi connectivity index (χ3v) is 6.12. The second-order valence-corrected chi connectivity index (χ2v) is 8.65. The van der Waals surface area contributed by atoms with Gasteiger partial charge in [0.25, 0.3) is 5.91 Å². The van der Waals surface area contributed by atoms with E-state index in [1.807, 2.05) is 0 Å². The number of carbonyl (C=O) groups is 4. The topological polar surface area (TPSA) is 108 Å². The molecule has 5 amide bonds. The van der Waals surface area contributed by atoms with Crippen LogP contribution in [0.3, 0.4) is 0 Å². The standard InChI is InChI=1S/C23H20ClF3N4O4/c24-17-9-14(5-7-16(17)23(25,26)27)29-22(35)28-10-12-4-6-15-13(8-12)11-31(21(15)34)18-2-1-3-19(32)30-20(18)33/h4-9,18H,1-3,10-11H2,(H2,28,29,35)(H,30,32,33). The number of nitrogens with one attached hydrogen (secondary N) is 3. The van der Waals surface area contributed by atoms with E-state index in [2.05, 4.69) is 16.0 Å². The number of urea groups is 1. The van der Waals surface area contributed by atoms with E-state index < -0.39 is 34.7 Å². The lowest BCUT2D eigenvalue weighted by atomic mass is 10.1. The van der Waals surface area contributed by atoms with E-state index in [0.29, 0.717) is 29.5 Å². The van der Waals surface area contributed by atoms with E-state index in [9.17, 15) is 32.3 Å². The number of imide groups is 1. The summed E-state index contributed by atoms with van der Waals surface area (Å²) in [4.78, 5) is 50.4. The SMILES string of the molecule is O=C1CCCC(N2Cc3cc(CNC(=O)Nc4ccc(C(F)(F)F)c(Cl)c4)ccc3C2=O)C(=O)N1. The maximum atomic E-state index is 12.8. The molecular formula is C23H20ClF3N4O4. The molecule has 0 spiro atoms. The molecule has 8 nitrogen and oxygen atoms in total. The Morgan fingerprint density at radius 3 is 2.63 bits per heavy atom. The summed E-state index contributed by atoms with van der Waals surface area (Å²) in [5.74, 6) is -1.15. The summed E-state index contributed by atoms with van der Waals surface area (Å²) in [5.41, 5.74) is 0.906. The van der Waals surface area contributed by atoms with E-state index in [1.54, 1.807) is 18.2 Å². The Morgan fingerprint density at radius 1 is 1.14 bits per heavy atom. The highest BCUT2D eigenvalue weighted by Crippen LogP contribution is 2.36. The fourth-order valence-electron chi connectivity index (χ4n) is 4.11. The minimum Gasteiger partial charge on any atom is -0.334 e. The lowest BCUT2D eigenvalue weighted by Crippen LogP contribution is -2.46. The van der Waals surface area contributed by atoms with Crippen molar-refractivity contribution < 1.29 is 32.3 Å². The van der Waals surface area contributed by atoms with Gasteiger partial charge in [0.15, 0.2) is 0 Å². The average Bonchev–Trinajstić information content (AvgIpc) is 2.99. The Labute approximate surface area is 202 Å². The van der Waals surface area contributed by atoms with Gasteiger partial charge in [0.05, 0.1) is 10.6 Å². The maximum absolute atomic E-state index is 12.8. The normalized spacial score (nSPS) is 18.1. The van der Waals surface area contributed by atoms with Gasteiger partial charge in [0, 0.05) is 30.8 Å². The van der Waals surface area contributed by atoms with E-state index in [4.69, 9.17) is 11.6 Å². The highest BCUT2D eigenvalue weighted by atomic mass is 35.5. The van der Waals surface area contributed by atoms with E-state index in [-0.39, 0.29) is 37.0 Å². The molecule has 0 aromatic heterocycles. The molecule has 1 atom stereocenters. The van der Waals surface area contributed by atoms with E-state index >= 15 is 0 Å². The summed E-state index contributed by atoms with van der Waals surface area (Å²) in [6.45, 7) is 0.282. The molecule has 2 aromatic rings. The molecule has 0 bridgehead atoms. The van der Waals surface area contributed by atoms with Crippen molar-refractivity contribution in [1.29, 1.82) is 0 Å². The lowest BCUT2D eigenvalue weighted by molar-refractivity contribution is -0.137. The minimum atomic E-state index is -4.60. The fourth-order valence-corrected chi connectivity index (χ4v) is 4.39. The fraction of sp³-hybridized carbons (Fsp3) is 0.304. The number of rotatable bonds is 4. The molecule has 1 fully saturated rings. The van der Waals surface area contributed by atoms with Gasteiger partial charge < -0.3 is 15.5 Å². The van der Waals surface area contributed by atoms with Crippen molar-refractivity contribution in [3.63, 3.8) is 0 Å². The third kappa shape index (κ3) is 5.40. The molecule has 4 rings (SSSR count). The van der Waals surface area contributed by atoms with Crippen LogP contribution in [0.25, 0.3) is 0 Å². The van der Waals surface area contributed by atoms with Gasteiger partial charge in [-0.05, 0) is 48.2 Å². The molecule has 1 unspecified atom stereocenters. The molecule has 0 radical (unpaired) electrons. The van der Waals surface area contributed by atoms with Crippen LogP contribution in [-0.2, 0) is 28.9 Å². The predicted molar refractivity (Wildman–Crippen MR) is 119 cm³/mol. The van der Waals surface area contributed by atoms with Gasteiger partial charge in [0.1, 0.15) is 6.04 Å². The van der Waals surface area contributed by atoms with Crippen LogP contribution in [-0.4, -0.2) is 34.7 Å². The van der Waals surface area contributed by atoms with Crippen LogP contribution < -0.4 is 16.0 Å². The predicted octanol–water partition coefficient (Wildman–Crippen LogP) is 3.83. The van der Waals surface area contributed by atoms with Crippen LogP contribution in [0.1, 0.15) is 46.3 Å². The number of alkyl halides is 3. The molecule has 12 heteroatoms. The smallest absolute Gasteiger partial charge is 0.334 e. The number of amides is 5. The second-order valence-electron chi connectivity index (χ2n) is 8.25. The quantitative estimate of drug-likeness (QED) is 0.545. The third-order valence-electron chi connectivity index (χ3n) is 5.81. The minimum absolute atomic E-state index is 0.0834. The van der Waals surface area contributed by atoms with Gasteiger partial charge in [-0.1, -0.05) is 23.7 Å². The summed E-state index contributed by atoms with van der Waals surface area (Å²) in [5, 5.41) is 6.78.